The Labute approximate surface area is 105 Å². The summed E-state index contributed by atoms with van der Waals surface area (Å²) in [5, 5.41) is 1.93. The van der Waals surface area contributed by atoms with E-state index in [1.165, 1.54) is 11.3 Å². The number of nitrogens with zero attached hydrogens (tertiary/aromatic N) is 1. The summed E-state index contributed by atoms with van der Waals surface area (Å²) < 4.78 is 12.5. The van der Waals surface area contributed by atoms with Crippen molar-refractivity contribution in [1.29, 1.82) is 0 Å². The number of aromatic nitrogens is 1. The van der Waals surface area contributed by atoms with E-state index in [0.29, 0.717) is 0 Å². The van der Waals surface area contributed by atoms with Crippen molar-refractivity contribution >= 4 is 27.3 Å². The zero-order chi connectivity index (χ0) is 11.2. The van der Waals surface area contributed by atoms with Gasteiger partial charge in [-0.3, -0.25) is 0 Å². The largest absolute Gasteiger partial charge is 0.443 e. The van der Waals surface area contributed by atoms with Crippen LogP contribution in [0.5, 0.6) is 11.5 Å². The molecule has 1 aliphatic rings. The molecule has 2 heterocycles. The van der Waals surface area contributed by atoms with E-state index >= 15 is 0 Å². The molecule has 0 spiro atoms. The van der Waals surface area contributed by atoms with Gasteiger partial charge in [-0.25, -0.2) is 4.98 Å². The van der Waals surface area contributed by atoms with Crippen LogP contribution in [0.15, 0.2) is 33.6 Å². The van der Waals surface area contributed by atoms with Gasteiger partial charge in [0.05, 0.1) is 9.98 Å². The lowest BCUT2D eigenvalue weighted by Gasteiger charge is -2.20. The second kappa shape index (κ2) is 3.46. The van der Waals surface area contributed by atoms with Gasteiger partial charge >= 0.3 is 0 Å². The molecule has 16 heavy (non-hydrogen) atoms. The number of thiazole rings is 1. The van der Waals surface area contributed by atoms with Crippen molar-refractivity contribution in [1.82, 2.24) is 4.98 Å². The lowest BCUT2D eigenvalue weighted by molar-refractivity contribution is -0.0715. The molecule has 2 aromatic rings. The molecule has 1 unspecified atom stereocenters. The van der Waals surface area contributed by atoms with Gasteiger partial charge in [-0.15, -0.1) is 11.3 Å². The maximum absolute atomic E-state index is 5.84. The van der Waals surface area contributed by atoms with Crippen LogP contribution in [0.25, 0.3) is 0 Å². The maximum Gasteiger partial charge on any atom is 0.293 e. The van der Waals surface area contributed by atoms with Gasteiger partial charge in [-0.05, 0) is 28.1 Å². The zero-order valence-corrected chi connectivity index (χ0v) is 10.8. The minimum atomic E-state index is -0.813. The van der Waals surface area contributed by atoms with Crippen LogP contribution in [0.4, 0.5) is 0 Å². The fraction of sp³-hybridized carbons (Fsp3) is 0.182. The Morgan fingerprint density at radius 2 is 2.25 bits per heavy atom. The molecule has 0 saturated carbocycles. The summed E-state index contributed by atoms with van der Waals surface area (Å²) >= 11 is 4.96. The lowest BCUT2D eigenvalue weighted by Crippen LogP contribution is -2.31. The molecule has 0 N–H and O–H groups in total. The number of hydrogen-bond donors (Lipinski definition) is 0. The van der Waals surface area contributed by atoms with Crippen molar-refractivity contribution in [3.05, 3.63) is 39.3 Å². The predicted molar refractivity (Wildman–Crippen MR) is 64.9 cm³/mol. The zero-order valence-electron chi connectivity index (χ0n) is 8.44. The monoisotopic (exact) mass is 297 g/mol. The number of rotatable bonds is 1. The molecule has 1 aromatic heterocycles. The van der Waals surface area contributed by atoms with E-state index in [4.69, 9.17) is 9.47 Å². The number of para-hydroxylation sites is 1. The summed E-state index contributed by atoms with van der Waals surface area (Å²) in [7, 11) is 0. The number of fused-ring (bicyclic) bond motifs is 1. The Bertz CT molecular complexity index is 529. The normalized spacial score (nSPS) is 22.4. The van der Waals surface area contributed by atoms with E-state index in [-0.39, 0.29) is 0 Å². The van der Waals surface area contributed by atoms with Crippen LogP contribution in [-0.4, -0.2) is 4.98 Å². The van der Waals surface area contributed by atoms with E-state index in [1.54, 1.807) is 5.51 Å². The number of ether oxygens (including phenoxy) is 2. The molecule has 3 nitrogen and oxygen atoms in total. The first-order chi connectivity index (χ1) is 7.69. The van der Waals surface area contributed by atoms with E-state index in [0.717, 1.165) is 21.7 Å². The maximum atomic E-state index is 5.84. The van der Waals surface area contributed by atoms with Crippen molar-refractivity contribution in [3.8, 4) is 11.5 Å². The quantitative estimate of drug-likeness (QED) is 0.807. The van der Waals surface area contributed by atoms with Gasteiger partial charge in [0.1, 0.15) is 5.69 Å². The van der Waals surface area contributed by atoms with Crippen LogP contribution >= 0.6 is 27.3 Å². The molecule has 5 heteroatoms. The molecule has 0 saturated heterocycles. The van der Waals surface area contributed by atoms with Gasteiger partial charge in [0.2, 0.25) is 0 Å². The summed E-state index contributed by atoms with van der Waals surface area (Å²) in [5.41, 5.74) is 2.56. The number of hydrogen-bond acceptors (Lipinski definition) is 4. The van der Waals surface area contributed by atoms with Crippen molar-refractivity contribution in [2.45, 2.75) is 12.7 Å². The molecule has 0 aliphatic carbocycles. The summed E-state index contributed by atoms with van der Waals surface area (Å²) in [5.74, 6) is 0.662. The van der Waals surface area contributed by atoms with Gasteiger partial charge in [0, 0.05) is 12.3 Å². The third-order valence-electron chi connectivity index (χ3n) is 2.43. The van der Waals surface area contributed by atoms with Crippen LogP contribution in [-0.2, 0) is 5.79 Å². The SMILES string of the molecule is CC1(c2cscn2)Oc2cccc(Br)c2O1. The first-order valence-corrected chi connectivity index (χ1v) is 6.48. The van der Waals surface area contributed by atoms with Crippen LogP contribution in [0, 0.1) is 0 Å². The van der Waals surface area contributed by atoms with Crippen LogP contribution in [0.2, 0.25) is 0 Å². The van der Waals surface area contributed by atoms with Crippen molar-refractivity contribution < 1.29 is 9.47 Å². The van der Waals surface area contributed by atoms with E-state index < -0.39 is 5.79 Å². The highest BCUT2D eigenvalue weighted by atomic mass is 79.9. The van der Waals surface area contributed by atoms with Crippen molar-refractivity contribution in [2.24, 2.45) is 0 Å². The highest BCUT2D eigenvalue weighted by Crippen LogP contribution is 2.47. The molecule has 0 amide bonds. The summed E-state index contributed by atoms with van der Waals surface area (Å²) in [6.07, 6.45) is 0. The van der Waals surface area contributed by atoms with E-state index in [1.807, 2.05) is 30.5 Å². The predicted octanol–water partition coefficient (Wildman–Crippen LogP) is 3.55. The van der Waals surface area contributed by atoms with E-state index in [9.17, 15) is 0 Å². The highest BCUT2D eigenvalue weighted by Gasteiger charge is 2.41. The molecule has 1 aliphatic heterocycles. The van der Waals surface area contributed by atoms with Gasteiger partial charge < -0.3 is 9.47 Å². The fourth-order valence-corrected chi connectivity index (χ4v) is 2.70. The highest BCUT2D eigenvalue weighted by molar-refractivity contribution is 9.10. The molecule has 82 valence electrons. The third kappa shape index (κ3) is 1.43. The van der Waals surface area contributed by atoms with Crippen LogP contribution in [0.3, 0.4) is 0 Å². The first kappa shape index (κ1) is 10.1. The molecule has 3 rings (SSSR count). The Morgan fingerprint density at radius 3 is 2.94 bits per heavy atom. The second-order valence-electron chi connectivity index (χ2n) is 3.59. The molecule has 0 radical (unpaired) electrons. The average molecular weight is 298 g/mol. The Kier molecular flexibility index (Phi) is 2.19. The molecule has 1 aromatic carbocycles. The third-order valence-corrected chi connectivity index (χ3v) is 3.64. The van der Waals surface area contributed by atoms with Crippen molar-refractivity contribution in [3.63, 3.8) is 0 Å². The van der Waals surface area contributed by atoms with Crippen LogP contribution in [0.1, 0.15) is 12.6 Å². The topological polar surface area (TPSA) is 31.4 Å². The second-order valence-corrected chi connectivity index (χ2v) is 5.16. The lowest BCUT2D eigenvalue weighted by atomic mass is 10.2. The standard InChI is InChI=1S/C11H8BrNO2S/c1-11(9-5-16-6-13-9)14-8-4-2-3-7(12)10(8)15-11/h2-6H,1H3. The van der Waals surface area contributed by atoms with Gasteiger partial charge in [0.25, 0.3) is 5.79 Å². The molecule has 0 bridgehead atoms. The molecular formula is C11H8BrNO2S. The summed E-state index contributed by atoms with van der Waals surface area (Å²) in [6, 6.07) is 5.73. The van der Waals surface area contributed by atoms with Crippen LogP contribution < -0.4 is 9.47 Å². The Balaban J connectivity index is 2.05. The minimum Gasteiger partial charge on any atom is -0.443 e. The number of benzene rings is 1. The summed E-state index contributed by atoms with van der Waals surface area (Å²) in [4.78, 5) is 4.24. The Hall–Kier alpha value is -1.07. The first-order valence-electron chi connectivity index (χ1n) is 4.74. The van der Waals surface area contributed by atoms with E-state index in [2.05, 4.69) is 20.9 Å². The Morgan fingerprint density at radius 1 is 1.38 bits per heavy atom. The van der Waals surface area contributed by atoms with Gasteiger partial charge in [-0.1, -0.05) is 6.07 Å². The fourth-order valence-electron chi connectivity index (χ4n) is 1.64. The number of halogens is 1. The van der Waals surface area contributed by atoms with Crippen molar-refractivity contribution in [2.75, 3.05) is 0 Å². The molecule has 1 atom stereocenters. The average Bonchev–Trinajstić information content (AvgIpc) is 2.84. The summed E-state index contributed by atoms with van der Waals surface area (Å²) in [6.45, 7) is 1.87. The molecule has 0 fully saturated rings. The van der Waals surface area contributed by atoms with Gasteiger partial charge in [0.15, 0.2) is 11.5 Å². The minimum absolute atomic E-state index is 0.734. The molecular weight excluding hydrogens is 290 g/mol. The smallest absolute Gasteiger partial charge is 0.293 e. The van der Waals surface area contributed by atoms with Gasteiger partial charge in [-0.2, -0.15) is 0 Å².